The van der Waals surface area contributed by atoms with Crippen LogP contribution in [0.4, 0.5) is 9.59 Å². The molecule has 220 valence electrons. The highest BCUT2D eigenvalue weighted by atomic mass is 16.8. The van der Waals surface area contributed by atoms with Gasteiger partial charge >= 0.3 is 24.2 Å². The highest BCUT2D eigenvalue weighted by molar-refractivity contribution is 5.77. The van der Waals surface area contributed by atoms with Crippen LogP contribution in [0.5, 0.6) is 11.5 Å². The molecule has 0 aliphatic carbocycles. The first kappa shape index (κ1) is 33.7. The van der Waals surface area contributed by atoms with Crippen molar-refractivity contribution in [1.82, 2.24) is 5.32 Å². The zero-order valence-corrected chi connectivity index (χ0v) is 24.7. The highest BCUT2D eigenvalue weighted by Crippen LogP contribution is 2.31. The van der Waals surface area contributed by atoms with Crippen molar-refractivity contribution >= 4 is 24.2 Å². The summed E-state index contributed by atoms with van der Waals surface area (Å²) < 4.78 is 31.2. The SMILES string of the molecule is CCC(C)(C)C(=O)OCCN[C@@H](Cc1ccc(OC(=O)OC(C)(C)C)c(OC(=O)OC(C)(C)C)c1)C(=O)OC. The third kappa shape index (κ3) is 12.8. The summed E-state index contributed by atoms with van der Waals surface area (Å²) in [5.41, 5.74) is -1.67. The largest absolute Gasteiger partial charge is 0.514 e. The first-order valence-corrected chi connectivity index (χ1v) is 12.8. The maximum absolute atomic E-state index is 12.4. The van der Waals surface area contributed by atoms with Crippen molar-refractivity contribution in [3.63, 3.8) is 0 Å². The summed E-state index contributed by atoms with van der Waals surface area (Å²) >= 11 is 0. The number of benzene rings is 1. The number of rotatable bonds is 11. The van der Waals surface area contributed by atoms with E-state index in [-0.39, 0.29) is 37.0 Å². The smallest absolute Gasteiger partial charge is 0.468 e. The maximum atomic E-state index is 12.4. The Labute approximate surface area is 230 Å². The van der Waals surface area contributed by atoms with Crippen LogP contribution in [0.15, 0.2) is 18.2 Å². The molecule has 0 aromatic heterocycles. The Morgan fingerprint density at radius 2 is 1.38 bits per heavy atom. The standard InChI is InChI=1S/C28H43NO10/c1-11-28(8,9)23(31)35-15-14-29-19(22(30)34-10)16-18-12-13-20(36-24(32)38-26(2,3)4)21(17-18)37-25(33)39-27(5,6)7/h12-13,17,19,29H,11,14-16H2,1-10H3/t19-/m0/s1. The van der Waals surface area contributed by atoms with Crippen LogP contribution in [0, 0.1) is 5.41 Å². The Kier molecular flexibility index (Phi) is 12.2. The van der Waals surface area contributed by atoms with Crippen molar-refractivity contribution in [2.24, 2.45) is 5.41 Å². The zero-order chi connectivity index (χ0) is 30.0. The molecule has 1 rings (SSSR count). The van der Waals surface area contributed by atoms with E-state index in [4.69, 9.17) is 28.4 Å². The maximum Gasteiger partial charge on any atom is 0.514 e. The third-order valence-electron chi connectivity index (χ3n) is 5.26. The van der Waals surface area contributed by atoms with E-state index in [9.17, 15) is 19.2 Å². The molecule has 11 nitrogen and oxygen atoms in total. The lowest BCUT2D eigenvalue weighted by atomic mass is 9.91. The van der Waals surface area contributed by atoms with Crippen molar-refractivity contribution in [2.45, 2.75) is 92.4 Å². The van der Waals surface area contributed by atoms with Gasteiger partial charge in [-0.3, -0.25) is 9.59 Å². The van der Waals surface area contributed by atoms with Crippen LogP contribution >= 0.6 is 0 Å². The third-order valence-corrected chi connectivity index (χ3v) is 5.26. The Morgan fingerprint density at radius 1 is 0.846 bits per heavy atom. The summed E-state index contributed by atoms with van der Waals surface area (Å²) in [6.07, 6.45) is -1.24. The van der Waals surface area contributed by atoms with Gasteiger partial charge < -0.3 is 33.7 Å². The monoisotopic (exact) mass is 553 g/mol. The van der Waals surface area contributed by atoms with E-state index < -0.39 is 40.9 Å². The van der Waals surface area contributed by atoms with Crippen LogP contribution in [0.1, 0.15) is 74.3 Å². The summed E-state index contributed by atoms with van der Waals surface area (Å²) in [4.78, 5) is 49.2. The van der Waals surface area contributed by atoms with Crippen LogP contribution in [0.25, 0.3) is 0 Å². The summed E-state index contributed by atoms with van der Waals surface area (Å²) in [5, 5.41) is 3.02. The molecule has 0 aliphatic heterocycles. The Morgan fingerprint density at radius 3 is 1.87 bits per heavy atom. The predicted molar refractivity (Wildman–Crippen MR) is 143 cm³/mol. The molecule has 0 aliphatic rings. The molecule has 0 saturated heterocycles. The lowest BCUT2D eigenvalue weighted by Crippen LogP contribution is -2.41. The van der Waals surface area contributed by atoms with Crippen molar-refractivity contribution in [3.8, 4) is 11.5 Å². The minimum Gasteiger partial charge on any atom is -0.468 e. The van der Waals surface area contributed by atoms with Gasteiger partial charge in [-0.05, 0) is 85.9 Å². The molecule has 39 heavy (non-hydrogen) atoms. The van der Waals surface area contributed by atoms with Gasteiger partial charge in [0.05, 0.1) is 12.5 Å². The zero-order valence-electron chi connectivity index (χ0n) is 24.7. The van der Waals surface area contributed by atoms with Crippen molar-refractivity contribution in [3.05, 3.63) is 23.8 Å². The normalized spacial score (nSPS) is 12.7. The van der Waals surface area contributed by atoms with Crippen LogP contribution in [-0.4, -0.2) is 61.8 Å². The van der Waals surface area contributed by atoms with E-state index in [0.717, 1.165) is 0 Å². The van der Waals surface area contributed by atoms with E-state index in [1.54, 1.807) is 61.5 Å². The Hall–Kier alpha value is -3.34. The number of ether oxygens (including phenoxy) is 6. The van der Waals surface area contributed by atoms with Crippen molar-refractivity contribution in [1.29, 1.82) is 0 Å². The number of nitrogens with one attached hydrogen (secondary N) is 1. The van der Waals surface area contributed by atoms with E-state index in [2.05, 4.69) is 5.32 Å². The van der Waals surface area contributed by atoms with E-state index in [0.29, 0.717) is 12.0 Å². The molecule has 0 heterocycles. The molecule has 0 unspecified atom stereocenters. The first-order chi connectivity index (χ1) is 17.9. The molecule has 1 aromatic rings. The van der Waals surface area contributed by atoms with E-state index in [1.807, 2.05) is 6.92 Å². The molecule has 0 radical (unpaired) electrons. The van der Waals surface area contributed by atoms with Gasteiger partial charge in [0, 0.05) is 6.54 Å². The molecule has 0 spiro atoms. The van der Waals surface area contributed by atoms with E-state index >= 15 is 0 Å². The van der Waals surface area contributed by atoms with Gasteiger partial charge in [-0.2, -0.15) is 0 Å². The van der Waals surface area contributed by atoms with Crippen molar-refractivity contribution in [2.75, 3.05) is 20.3 Å². The molecule has 1 aromatic carbocycles. The number of esters is 2. The van der Waals surface area contributed by atoms with Gasteiger partial charge in [0.25, 0.3) is 0 Å². The lowest BCUT2D eigenvalue weighted by molar-refractivity contribution is -0.154. The van der Waals surface area contributed by atoms with Gasteiger partial charge in [-0.15, -0.1) is 0 Å². The number of carbonyl (C=O) groups is 4. The minimum absolute atomic E-state index is 0.0609. The molecule has 11 heteroatoms. The molecule has 0 fully saturated rings. The summed E-state index contributed by atoms with van der Waals surface area (Å²) in [5.74, 6) is -1.05. The number of carbonyl (C=O) groups excluding carboxylic acids is 4. The topological polar surface area (TPSA) is 136 Å². The van der Waals surface area contributed by atoms with Crippen LogP contribution in [0.2, 0.25) is 0 Å². The number of hydrogen-bond acceptors (Lipinski definition) is 11. The molecule has 1 atom stereocenters. The summed E-state index contributed by atoms with van der Waals surface area (Å²) in [6, 6.07) is 3.66. The molecule has 0 saturated carbocycles. The fourth-order valence-corrected chi connectivity index (χ4v) is 2.90. The molecular formula is C28H43NO10. The quantitative estimate of drug-likeness (QED) is 0.172. The summed E-state index contributed by atoms with van der Waals surface area (Å²) in [6.45, 7) is 15.8. The average Bonchev–Trinajstić information content (AvgIpc) is 2.79. The fraction of sp³-hybridized carbons (Fsp3) is 0.643. The minimum atomic E-state index is -1.01. The molecule has 0 bridgehead atoms. The molecular weight excluding hydrogens is 510 g/mol. The average molecular weight is 554 g/mol. The Balaban J connectivity index is 3.08. The van der Waals surface area contributed by atoms with Gasteiger partial charge in [0.15, 0.2) is 11.5 Å². The van der Waals surface area contributed by atoms with Crippen LogP contribution in [-0.2, 0) is 35.0 Å². The molecule has 0 amide bonds. The lowest BCUT2D eigenvalue weighted by Gasteiger charge is -2.22. The van der Waals surface area contributed by atoms with Gasteiger partial charge in [-0.1, -0.05) is 13.0 Å². The van der Waals surface area contributed by atoms with Crippen LogP contribution in [0.3, 0.4) is 0 Å². The Bertz CT molecular complexity index is 1000. The van der Waals surface area contributed by atoms with Gasteiger partial charge in [0.1, 0.15) is 23.9 Å². The number of methoxy groups -OCH3 is 1. The second kappa shape index (κ2) is 14.2. The second-order valence-corrected chi connectivity index (χ2v) is 11.5. The predicted octanol–water partition coefficient (Wildman–Crippen LogP) is 4.97. The van der Waals surface area contributed by atoms with Gasteiger partial charge in [0.2, 0.25) is 0 Å². The summed E-state index contributed by atoms with van der Waals surface area (Å²) in [7, 11) is 1.26. The molecule has 1 N–H and O–H groups in total. The highest BCUT2D eigenvalue weighted by Gasteiger charge is 2.28. The van der Waals surface area contributed by atoms with Crippen molar-refractivity contribution < 1.29 is 47.6 Å². The van der Waals surface area contributed by atoms with Crippen LogP contribution < -0.4 is 14.8 Å². The van der Waals surface area contributed by atoms with E-state index in [1.165, 1.54) is 19.2 Å². The fourth-order valence-electron chi connectivity index (χ4n) is 2.90. The number of hydrogen-bond donors (Lipinski definition) is 1. The van der Waals surface area contributed by atoms with Gasteiger partial charge in [-0.25, -0.2) is 9.59 Å². The first-order valence-electron chi connectivity index (χ1n) is 12.8. The second-order valence-electron chi connectivity index (χ2n) is 11.5.